The van der Waals surface area contributed by atoms with E-state index in [9.17, 15) is 13.2 Å². The number of hydrogen-bond donors (Lipinski definition) is 2. The number of aromatic nitrogens is 2. The number of benzene rings is 2. The van der Waals surface area contributed by atoms with Crippen LogP contribution in [0.4, 0.5) is 5.82 Å². The number of carboxylic acid groups (broad SMARTS) is 1. The molecular weight excluding hydrogens is 516 g/mol. The van der Waals surface area contributed by atoms with Crippen LogP contribution in [0.3, 0.4) is 0 Å². The van der Waals surface area contributed by atoms with Gasteiger partial charge in [0.1, 0.15) is 23.0 Å². The zero-order valence-electron chi connectivity index (χ0n) is 21.5. The van der Waals surface area contributed by atoms with Crippen LogP contribution in [0.5, 0.6) is 5.75 Å². The van der Waals surface area contributed by atoms with Crippen molar-refractivity contribution in [2.45, 2.75) is 24.8 Å². The van der Waals surface area contributed by atoms with Gasteiger partial charge in [-0.25, -0.2) is 13.4 Å². The Bertz CT molecular complexity index is 1500. The second kappa shape index (κ2) is 13.0. The Kier molecular flexibility index (Phi) is 9.24. The van der Waals surface area contributed by atoms with Gasteiger partial charge in [-0.3, -0.25) is 9.78 Å². The molecule has 2 heterocycles. The molecule has 39 heavy (non-hydrogen) atoms. The van der Waals surface area contributed by atoms with Crippen molar-refractivity contribution in [3.8, 4) is 16.9 Å². The van der Waals surface area contributed by atoms with Gasteiger partial charge in [-0.05, 0) is 66.4 Å². The highest BCUT2D eigenvalue weighted by molar-refractivity contribution is 7.89. The van der Waals surface area contributed by atoms with Crippen molar-refractivity contribution < 1.29 is 23.1 Å². The van der Waals surface area contributed by atoms with Crippen LogP contribution >= 0.6 is 0 Å². The molecule has 2 N–H and O–H groups in total. The van der Waals surface area contributed by atoms with Crippen LogP contribution in [0.15, 0.2) is 96.2 Å². The smallest absolute Gasteiger partial charge is 0.322 e. The van der Waals surface area contributed by atoms with Crippen LogP contribution in [-0.2, 0) is 27.8 Å². The molecule has 0 unspecified atom stereocenters. The Hall–Kier alpha value is -4.28. The van der Waals surface area contributed by atoms with Gasteiger partial charge < -0.3 is 15.2 Å². The van der Waals surface area contributed by atoms with Gasteiger partial charge in [0, 0.05) is 18.9 Å². The van der Waals surface area contributed by atoms with Crippen LogP contribution in [0.25, 0.3) is 11.1 Å². The molecule has 0 aliphatic rings. The molecule has 2 aromatic heterocycles. The van der Waals surface area contributed by atoms with E-state index in [0.29, 0.717) is 24.5 Å². The van der Waals surface area contributed by atoms with Gasteiger partial charge in [-0.15, -0.1) is 0 Å². The van der Waals surface area contributed by atoms with E-state index in [2.05, 4.69) is 15.3 Å². The predicted molar refractivity (Wildman–Crippen MR) is 149 cm³/mol. The number of carboxylic acids is 1. The summed E-state index contributed by atoms with van der Waals surface area (Å²) in [6, 6.07) is 24.1. The maximum absolute atomic E-state index is 13.5. The molecule has 0 bridgehead atoms. The van der Waals surface area contributed by atoms with Crippen LogP contribution in [-0.4, -0.2) is 53.5 Å². The Morgan fingerprint density at radius 2 is 1.79 bits per heavy atom. The number of aliphatic carboxylic acids is 1. The molecule has 4 aromatic rings. The lowest BCUT2D eigenvalue weighted by Crippen LogP contribution is -2.33. The van der Waals surface area contributed by atoms with Crippen LogP contribution in [0.1, 0.15) is 18.2 Å². The molecule has 0 saturated heterocycles. The van der Waals surface area contributed by atoms with Crippen molar-refractivity contribution in [1.82, 2.24) is 14.3 Å². The van der Waals surface area contributed by atoms with E-state index in [1.54, 1.807) is 24.3 Å². The summed E-state index contributed by atoms with van der Waals surface area (Å²) >= 11 is 0. The molecule has 0 aliphatic carbocycles. The Labute approximate surface area is 228 Å². The van der Waals surface area contributed by atoms with Gasteiger partial charge in [0.2, 0.25) is 10.0 Å². The molecule has 2 aromatic carbocycles. The topological polar surface area (TPSA) is 122 Å². The first-order chi connectivity index (χ1) is 18.8. The Balaban J connectivity index is 1.53. The summed E-state index contributed by atoms with van der Waals surface area (Å²) in [5.74, 6) is 0.153. The summed E-state index contributed by atoms with van der Waals surface area (Å²) in [5.41, 5.74) is 3.55. The second-order valence-electron chi connectivity index (χ2n) is 8.70. The SMILES string of the molecule is CCOc1cccc(-c2ccc(CCN(Cc3cccc(NCC(=O)O)n3)S(=O)(=O)c3cccnc3)cc2)c1. The lowest BCUT2D eigenvalue weighted by Gasteiger charge is -2.22. The molecule has 4 rings (SSSR count). The van der Waals surface area contributed by atoms with E-state index in [4.69, 9.17) is 9.84 Å². The van der Waals surface area contributed by atoms with Crippen molar-refractivity contribution in [2.24, 2.45) is 0 Å². The molecule has 0 spiro atoms. The van der Waals surface area contributed by atoms with E-state index in [-0.39, 0.29) is 24.5 Å². The zero-order chi connectivity index (χ0) is 27.7. The molecule has 0 amide bonds. The monoisotopic (exact) mass is 546 g/mol. The second-order valence-corrected chi connectivity index (χ2v) is 10.6. The lowest BCUT2D eigenvalue weighted by atomic mass is 10.0. The average Bonchev–Trinajstić information content (AvgIpc) is 2.95. The van der Waals surface area contributed by atoms with E-state index in [1.807, 2.05) is 55.5 Å². The van der Waals surface area contributed by atoms with Crippen molar-refractivity contribution >= 4 is 21.8 Å². The van der Waals surface area contributed by atoms with Crippen molar-refractivity contribution in [3.05, 3.63) is 103 Å². The number of anilines is 1. The van der Waals surface area contributed by atoms with E-state index >= 15 is 0 Å². The van der Waals surface area contributed by atoms with Gasteiger partial charge in [-0.1, -0.05) is 42.5 Å². The highest BCUT2D eigenvalue weighted by Crippen LogP contribution is 2.25. The number of ether oxygens (including phenoxy) is 1. The summed E-state index contributed by atoms with van der Waals surface area (Å²) in [6.45, 7) is 2.48. The zero-order valence-corrected chi connectivity index (χ0v) is 22.3. The fraction of sp³-hybridized carbons (Fsp3) is 0.207. The van der Waals surface area contributed by atoms with E-state index in [1.165, 1.54) is 22.8 Å². The summed E-state index contributed by atoms with van der Waals surface area (Å²) in [4.78, 5) is 19.4. The lowest BCUT2D eigenvalue weighted by molar-refractivity contribution is -0.134. The predicted octanol–water partition coefficient (Wildman–Crippen LogP) is 4.47. The molecule has 0 aliphatic heterocycles. The fourth-order valence-electron chi connectivity index (χ4n) is 4.00. The standard InChI is InChI=1S/C29H30N4O5S/c1-2-38-26-8-3-6-24(18-26)23-13-11-22(12-14-23)15-17-33(39(36,37)27-9-5-16-30-19-27)21-25-7-4-10-28(32-25)31-20-29(34)35/h3-14,16,18-19H,2,15,17,20-21H2,1H3,(H,31,32)(H,34,35). The number of hydrogen-bond acceptors (Lipinski definition) is 7. The number of carbonyl (C=O) groups is 1. The average molecular weight is 547 g/mol. The minimum atomic E-state index is -3.87. The first kappa shape index (κ1) is 27.7. The highest BCUT2D eigenvalue weighted by atomic mass is 32.2. The maximum Gasteiger partial charge on any atom is 0.322 e. The molecule has 0 atom stereocenters. The molecular formula is C29H30N4O5S. The number of sulfonamides is 1. The summed E-state index contributed by atoms with van der Waals surface area (Å²) in [5, 5.41) is 11.6. The molecule has 0 fully saturated rings. The van der Waals surface area contributed by atoms with Gasteiger partial charge in [0.05, 0.1) is 18.8 Å². The van der Waals surface area contributed by atoms with E-state index in [0.717, 1.165) is 22.4 Å². The molecule has 202 valence electrons. The minimum absolute atomic E-state index is 0.0160. The molecule has 9 nitrogen and oxygen atoms in total. The quantitative estimate of drug-likeness (QED) is 0.252. The van der Waals surface area contributed by atoms with Gasteiger partial charge in [0.15, 0.2) is 0 Å². The fourth-order valence-corrected chi connectivity index (χ4v) is 5.37. The first-order valence-corrected chi connectivity index (χ1v) is 13.9. The first-order valence-electron chi connectivity index (χ1n) is 12.5. The van der Waals surface area contributed by atoms with Crippen molar-refractivity contribution in [3.63, 3.8) is 0 Å². The molecule has 0 saturated carbocycles. The molecule has 0 radical (unpaired) electrons. The third-order valence-corrected chi connectivity index (χ3v) is 7.75. The normalized spacial score (nSPS) is 11.3. The number of nitrogens with one attached hydrogen (secondary N) is 1. The van der Waals surface area contributed by atoms with Crippen LogP contribution < -0.4 is 10.1 Å². The van der Waals surface area contributed by atoms with E-state index < -0.39 is 16.0 Å². The van der Waals surface area contributed by atoms with Gasteiger partial charge in [0.25, 0.3) is 0 Å². The summed E-state index contributed by atoms with van der Waals surface area (Å²) in [6.07, 6.45) is 3.33. The van der Waals surface area contributed by atoms with Gasteiger partial charge >= 0.3 is 5.97 Å². The number of rotatable bonds is 13. The van der Waals surface area contributed by atoms with Crippen molar-refractivity contribution in [1.29, 1.82) is 0 Å². The maximum atomic E-state index is 13.5. The Morgan fingerprint density at radius 1 is 1.00 bits per heavy atom. The largest absolute Gasteiger partial charge is 0.494 e. The third kappa shape index (κ3) is 7.62. The van der Waals surface area contributed by atoms with Crippen molar-refractivity contribution in [2.75, 3.05) is 25.0 Å². The molecule has 10 heteroatoms. The number of pyridine rings is 2. The van der Waals surface area contributed by atoms with Crippen LogP contribution in [0.2, 0.25) is 0 Å². The van der Waals surface area contributed by atoms with Gasteiger partial charge in [-0.2, -0.15) is 4.31 Å². The summed E-state index contributed by atoms with van der Waals surface area (Å²) < 4.78 is 34.0. The number of nitrogens with zero attached hydrogens (tertiary/aromatic N) is 3. The summed E-state index contributed by atoms with van der Waals surface area (Å²) in [7, 11) is -3.87. The Morgan fingerprint density at radius 3 is 2.51 bits per heavy atom. The van der Waals surface area contributed by atoms with Crippen LogP contribution in [0, 0.1) is 0 Å². The highest BCUT2D eigenvalue weighted by Gasteiger charge is 2.25. The third-order valence-electron chi connectivity index (χ3n) is 5.92. The minimum Gasteiger partial charge on any atom is -0.494 e.